The van der Waals surface area contributed by atoms with Crippen LogP contribution in [-0.2, 0) is 27.3 Å². The van der Waals surface area contributed by atoms with E-state index in [1.54, 1.807) is 4.90 Å². The molecule has 114 valence electrons. The summed E-state index contributed by atoms with van der Waals surface area (Å²) < 4.78 is 5.47. The van der Waals surface area contributed by atoms with E-state index in [0.29, 0.717) is 13.0 Å². The molecule has 0 N–H and O–H groups in total. The van der Waals surface area contributed by atoms with Gasteiger partial charge in [0.05, 0.1) is 5.33 Å². The predicted octanol–water partition coefficient (Wildman–Crippen LogP) is 2.68. The van der Waals surface area contributed by atoms with E-state index in [2.05, 4.69) is 15.9 Å². The number of fused-ring (bicyclic) bond motifs is 1. The summed E-state index contributed by atoms with van der Waals surface area (Å²) in [6, 6.07) is 7.35. The van der Waals surface area contributed by atoms with Gasteiger partial charge in [-0.3, -0.25) is 4.79 Å². The van der Waals surface area contributed by atoms with Gasteiger partial charge in [-0.05, 0) is 31.9 Å². The third kappa shape index (κ3) is 3.84. The molecule has 0 bridgehead atoms. The van der Waals surface area contributed by atoms with Crippen LogP contribution in [0.1, 0.15) is 31.9 Å². The van der Waals surface area contributed by atoms with E-state index in [4.69, 9.17) is 4.74 Å². The molecule has 0 spiro atoms. The minimum atomic E-state index is -0.558. The molecule has 2 rings (SSSR count). The van der Waals surface area contributed by atoms with Gasteiger partial charge < -0.3 is 9.64 Å². The lowest BCUT2D eigenvalue weighted by Gasteiger charge is -2.36. The van der Waals surface area contributed by atoms with E-state index in [0.717, 1.165) is 11.1 Å². The van der Waals surface area contributed by atoms with Crippen LogP contribution >= 0.6 is 15.9 Å². The first-order chi connectivity index (χ1) is 9.81. The van der Waals surface area contributed by atoms with Gasteiger partial charge in [-0.2, -0.15) is 0 Å². The summed E-state index contributed by atoms with van der Waals surface area (Å²) >= 11 is 3.18. The Kier molecular flexibility index (Phi) is 4.71. The molecule has 1 amide bonds. The first-order valence-electron chi connectivity index (χ1n) is 6.97. The number of amides is 1. The largest absolute Gasteiger partial charge is 0.458 e. The molecule has 21 heavy (non-hydrogen) atoms. The van der Waals surface area contributed by atoms with Crippen molar-refractivity contribution in [2.75, 3.05) is 5.33 Å². The predicted molar refractivity (Wildman–Crippen MR) is 84.1 cm³/mol. The van der Waals surface area contributed by atoms with Gasteiger partial charge in [0, 0.05) is 13.0 Å². The highest BCUT2D eigenvalue weighted by Gasteiger charge is 2.36. The van der Waals surface area contributed by atoms with Gasteiger partial charge in [0.15, 0.2) is 0 Å². The fraction of sp³-hybridized carbons (Fsp3) is 0.500. The van der Waals surface area contributed by atoms with E-state index in [9.17, 15) is 9.59 Å². The zero-order valence-corrected chi connectivity index (χ0v) is 14.1. The Hall–Kier alpha value is -1.36. The third-order valence-electron chi connectivity index (χ3n) is 3.36. The van der Waals surface area contributed by atoms with Crippen molar-refractivity contribution in [2.24, 2.45) is 0 Å². The Morgan fingerprint density at radius 2 is 1.90 bits per heavy atom. The number of carbonyl (C=O) groups excluding carboxylic acids is 2. The molecule has 0 aromatic heterocycles. The van der Waals surface area contributed by atoms with Crippen LogP contribution in [0.4, 0.5) is 0 Å². The molecule has 0 saturated carbocycles. The van der Waals surface area contributed by atoms with Crippen LogP contribution in [0, 0.1) is 0 Å². The minimum absolute atomic E-state index is 0.0969. The van der Waals surface area contributed by atoms with Crippen LogP contribution < -0.4 is 0 Å². The van der Waals surface area contributed by atoms with Gasteiger partial charge in [-0.1, -0.05) is 40.2 Å². The molecule has 0 fully saturated rings. The number of nitrogens with zero attached hydrogens (tertiary/aromatic N) is 1. The van der Waals surface area contributed by atoms with Gasteiger partial charge in [0.25, 0.3) is 0 Å². The lowest BCUT2D eigenvalue weighted by molar-refractivity contribution is -0.165. The number of carbonyl (C=O) groups is 2. The number of rotatable bonds is 2. The Morgan fingerprint density at radius 1 is 1.29 bits per heavy atom. The molecule has 0 aliphatic carbocycles. The zero-order chi connectivity index (χ0) is 15.6. The lowest BCUT2D eigenvalue weighted by Crippen LogP contribution is -2.51. The van der Waals surface area contributed by atoms with Crippen LogP contribution in [0.25, 0.3) is 0 Å². The summed E-state index contributed by atoms with van der Waals surface area (Å²) in [6.45, 7) is 5.94. The van der Waals surface area contributed by atoms with Crippen molar-refractivity contribution in [1.82, 2.24) is 4.90 Å². The summed E-state index contributed by atoms with van der Waals surface area (Å²) in [7, 11) is 0. The Balaban J connectivity index is 2.28. The average Bonchev–Trinajstić information content (AvgIpc) is 2.43. The van der Waals surface area contributed by atoms with E-state index < -0.39 is 11.6 Å². The summed E-state index contributed by atoms with van der Waals surface area (Å²) in [5, 5.41) is 0.203. The number of ether oxygens (including phenoxy) is 1. The molecular weight excluding hydrogens is 334 g/mol. The van der Waals surface area contributed by atoms with E-state index in [1.165, 1.54) is 0 Å². The summed E-state index contributed by atoms with van der Waals surface area (Å²) in [4.78, 5) is 26.2. The number of halogens is 1. The van der Waals surface area contributed by atoms with Gasteiger partial charge >= 0.3 is 5.97 Å². The van der Waals surface area contributed by atoms with Crippen LogP contribution in [0.2, 0.25) is 0 Å². The maximum absolute atomic E-state index is 12.4. The molecule has 4 nitrogen and oxygen atoms in total. The molecular formula is C16H20BrNO3. The van der Waals surface area contributed by atoms with E-state index >= 15 is 0 Å². The number of hydrogen-bond donors (Lipinski definition) is 0. The van der Waals surface area contributed by atoms with Crippen molar-refractivity contribution in [2.45, 2.75) is 45.4 Å². The van der Waals surface area contributed by atoms with Crippen LogP contribution in [0.15, 0.2) is 24.3 Å². The third-order valence-corrected chi connectivity index (χ3v) is 3.84. The average molecular weight is 354 g/mol. The molecule has 1 heterocycles. The van der Waals surface area contributed by atoms with Gasteiger partial charge in [0.1, 0.15) is 11.6 Å². The van der Waals surface area contributed by atoms with Crippen molar-refractivity contribution in [3.8, 4) is 0 Å². The SMILES string of the molecule is CC(C)(C)OC(=O)C1Cc2ccccc2CN1C(=O)CBr. The molecule has 5 heteroatoms. The van der Waals surface area contributed by atoms with Crippen molar-refractivity contribution in [3.05, 3.63) is 35.4 Å². The number of esters is 1. The quantitative estimate of drug-likeness (QED) is 0.606. The Morgan fingerprint density at radius 3 is 2.48 bits per heavy atom. The molecule has 0 radical (unpaired) electrons. The van der Waals surface area contributed by atoms with Crippen molar-refractivity contribution in [1.29, 1.82) is 0 Å². The first kappa shape index (κ1) is 16.0. The number of alkyl halides is 1. The van der Waals surface area contributed by atoms with Crippen molar-refractivity contribution in [3.63, 3.8) is 0 Å². The lowest BCUT2D eigenvalue weighted by atomic mass is 9.94. The van der Waals surface area contributed by atoms with Crippen LogP contribution in [0.3, 0.4) is 0 Å². The number of benzene rings is 1. The van der Waals surface area contributed by atoms with Gasteiger partial charge in [0.2, 0.25) is 5.91 Å². The second kappa shape index (κ2) is 6.18. The van der Waals surface area contributed by atoms with E-state index in [-0.39, 0.29) is 17.2 Å². The summed E-state index contributed by atoms with van der Waals surface area (Å²) in [5.74, 6) is -0.438. The maximum Gasteiger partial charge on any atom is 0.329 e. The maximum atomic E-state index is 12.4. The topological polar surface area (TPSA) is 46.6 Å². The Bertz CT molecular complexity index is 551. The van der Waals surface area contributed by atoms with Crippen molar-refractivity contribution >= 4 is 27.8 Å². The summed E-state index contributed by atoms with van der Waals surface area (Å²) in [5.41, 5.74) is 1.63. The second-order valence-corrected chi connectivity index (χ2v) is 6.74. The fourth-order valence-corrected chi connectivity index (χ4v) is 2.76. The first-order valence-corrected chi connectivity index (χ1v) is 8.09. The zero-order valence-electron chi connectivity index (χ0n) is 12.6. The fourth-order valence-electron chi connectivity index (χ4n) is 2.44. The summed E-state index contributed by atoms with van der Waals surface area (Å²) in [6.07, 6.45) is 0.504. The number of hydrogen-bond acceptors (Lipinski definition) is 3. The minimum Gasteiger partial charge on any atom is -0.458 e. The highest BCUT2D eigenvalue weighted by Crippen LogP contribution is 2.25. The smallest absolute Gasteiger partial charge is 0.329 e. The highest BCUT2D eigenvalue weighted by molar-refractivity contribution is 9.09. The monoisotopic (exact) mass is 353 g/mol. The van der Waals surface area contributed by atoms with E-state index in [1.807, 2.05) is 45.0 Å². The molecule has 1 aliphatic rings. The molecule has 1 aromatic rings. The standard InChI is InChI=1S/C16H20BrNO3/c1-16(2,3)21-15(20)13-8-11-6-4-5-7-12(11)10-18(13)14(19)9-17/h4-7,13H,8-10H2,1-3H3. The van der Waals surface area contributed by atoms with Crippen LogP contribution in [0.5, 0.6) is 0 Å². The molecule has 1 atom stereocenters. The second-order valence-electron chi connectivity index (χ2n) is 6.18. The van der Waals surface area contributed by atoms with Gasteiger partial charge in [-0.15, -0.1) is 0 Å². The molecule has 1 aliphatic heterocycles. The normalized spacial score (nSPS) is 18.1. The highest BCUT2D eigenvalue weighted by atomic mass is 79.9. The molecule has 1 aromatic carbocycles. The molecule has 1 unspecified atom stereocenters. The molecule has 0 saturated heterocycles. The van der Waals surface area contributed by atoms with Crippen LogP contribution in [-0.4, -0.2) is 33.7 Å². The van der Waals surface area contributed by atoms with Crippen molar-refractivity contribution < 1.29 is 14.3 Å². The van der Waals surface area contributed by atoms with Gasteiger partial charge in [-0.25, -0.2) is 4.79 Å². The Labute approximate surface area is 133 Å².